The Kier molecular flexibility index (Phi) is 8.63. The van der Waals surface area contributed by atoms with Gasteiger partial charge in [-0.05, 0) is 31.0 Å². The maximum atomic E-state index is 13.4. The lowest BCUT2D eigenvalue weighted by Crippen LogP contribution is -2.40. The van der Waals surface area contributed by atoms with E-state index in [1.54, 1.807) is 11.9 Å². The SMILES string of the molecule is C[C@@H](C(=O)N(C)[C@@H](CO)c1ccccc1)P(c1ccccc1)c1ccccc1.[B]. The number of amides is 1. The van der Waals surface area contributed by atoms with Gasteiger partial charge in [0.15, 0.2) is 0 Å². The summed E-state index contributed by atoms with van der Waals surface area (Å²) < 4.78 is 0. The van der Waals surface area contributed by atoms with Crippen molar-refractivity contribution in [2.45, 2.75) is 18.6 Å². The van der Waals surface area contributed by atoms with Crippen LogP contribution in [0.3, 0.4) is 0 Å². The summed E-state index contributed by atoms with van der Waals surface area (Å²) in [6.45, 7) is 1.90. The van der Waals surface area contributed by atoms with E-state index in [-0.39, 0.29) is 32.6 Å². The van der Waals surface area contributed by atoms with Gasteiger partial charge in [-0.1, -0.05) is 91.0 Å². The van der Waals surface area contributed by atoms with E-state index in [4.69, 9.17) is 0 Å². The monoisotopic (exact) mass is 402 g/mol. The fraction of sp³-hybridized carbons (Fsp3) is 0.208. The predicted molar refractivity (Wildman–Crippen MR) is 123 cm³/mol. The number of hydrogen-bond acceptors (Lipinski definition) is 2. The molecule has 0 aliphatic carbocycles. The van der Waals surface area contributed by atoms with Crippen LogP contribution >= 0.6 is 7.92 Å². The molecule has 0 fully saturated rings. The van der Waals surface area contributed by atoms with Gasteiger partial charge < -0.3 is 10.0 Å². The van der Waals surface area contributed by atoms with Crippen molar-refractivity contribution in [3.63, 3.8) is 0 Å². The Morgan fingerprint density at radius 2 is 1.28 bits per heavy atom. The smallest absolute Gasteiger partial charge is 0.230 e. The normalized spacial score (nSPS) is 12.7. The Bertz CT molecular complexity index is 838. The number of carbonyl (C=O) groups is 1. The van der Waals surface area contributed by atoms with Gasteiger partial charge >= 0.3 is 0 Å². The lowest BCUT2D eigenvalue weighted by molar-refractivity contribution is -0.132. The third-order valence-corrected chi connectivity index (χ3v) is 7.69. The molecule has 3 aromatic rings. The van der Waals surface area contributed by atoms with Crippen molar-refractivity contribution in [1.82, 2.24) is 4.90 Å². The summed E-state index contributed by atoms with van der Waals surface area (Å²) in [5, 5.41) is 12.3. The molecule has 147 valence electrons. The van der Waals surface area contributed by atoms with E-state index in [9.17, 15) is 9.90 Å². The minimum Gasteiger partial charge on any atom is -0.394 e. The van der Waals surface area contributed by atoms with Crippen LogP contribution < -0.4 is 10.6 Å². The summed E-state index contributed by atoms with van der Waals surface area (Å²) >= 11 is 0. The molecule has 3 radical (unpaired) electrons. The molecule has 0 saturated carbocycles. The topological polar surface area (TPSA) is 40.5 Å². The van der Waals surface area contributed by atoms with E-state index in [0.717, 1.165) is 5.56 Å². The Labute approximate surface area is 176 Å². The Morgan fingerprint density at radius 1 is 0.862 bits per heavy atom. The first-order valence-electron chi connectivity index (χ1n) is 9.45. The molecular formula is C24H26BNO2P. The van der Waals surface area contributed by atoms with Gasteiger partial charge in [-0.3, -0.25) is 4.79 Å². The molecule has 3 nitrogen and oxygen atoms in total. The average Bonchev–Trinajstić information content (AvgIpc) is 2.76. The largest absolute Gasteiger partial charge is 0.394 e. The van der Waals surface area contributed by atoms with Gasteiger partial charge in [-0.15, -0.1) is 0 Å². The van der Waals surface area contributed by atoms with Crippen LogP contribution in [0.15, 0.2) is 91.0 Å². The number of hydrogen-bond donors (Lipinski definition) is 1. The molecule has 0 bridgehead atoms. The first-order chi connectivity index (χ1) is 13.6. The van der Waals surface area contributed by atoms with Crippen LogP contribution in [0.1, 0.15) is 18.5 Å². The molecule has 29 heavy (non-hydrogen) atoms. The maximum absolute atomic E-state index is 13.4. The molecule has 3 aromatic carbocycles. The third-order valence-electron chi connectivity index (χ3n) is 4.99. The average molecular weight is 402 g/mol. The van der Waals surface area contributed by atoms with Gasteiger partial charge in [0.25, 0.3) is 0 Å². The zero-order valence-corrected chi connectivity index (χ0v) is 17.7. The van der Waals surface area contributed by atoms with Crippen molar-refractivity contribution in [3.8, 4) is 0 Å². The summed E-state index contributed by atoms with van der Waals surface area (Å²) in [5.41, 5.74) is 0.736. The van der Waals surface area contributed by atoms with Gasteiger partial charge in [0, 0.05) is 15.5 Å². The molecular weight excluding hydrogens is 376 g/mol. The molecule has 0 aliphatic heterocycles. The molecule has 0 spiro atoms. The molecule has 1 amide bonds. The minimum atomic E-state index is -0.855. The molecule has 3 rings (SSSR count). The zero-order valence-electron chi connectivity index (χ0n) is 16.8. The molecule has 0 saturated heterocycles. The fourth-order valence-electron chi connectivity index (χ4n) is 3.46. The first-order valence-corrected chi connectivity index (χ1v) is 10.9. The second kappa shape index (κ2) is 10.9. The lowest BCUT2D eigenvalue weighted by atomic mass is 10.1. The van der Waals surface area contributed by atoms with E-state index >= 15 is 0 Å². The highest BCUT2D eigenvalue weighted by Crippen LogP contribution is 2.40. The van der Waals surface area contributed by atoms with Crippen LogP contribution in [-0.2, 0) is 4.79 Å². The van der Waals surface area contributed by atoms with E-state index in [1.165, 1.54) is 10.6 Å². The third kappa shape index (κ3) is 5.35. The molecule has 5 heteroatoms. The highest BCUT2D eigenvalue weighted by Gasteiger charge is 2.31. The number of aliphatic hydroxyl groups is 1. The summed E-state index contributed by atoms with van der Waals surface area (Å²) in [6.07, 6.45) is 0. The highest BCUT2D eigenvalue weighted by molar-refractivity contribution is 7.74. The molecule has 0 aromatic heterocycles. The number of carbonyl (C=O) groups excluding carboxylic acids is 1. The van der Waals surface area contributed by atoms with Gasteiger partial charge in [-0.25, -0.2) is 0 Å². The van der Waals surface area contributed by atoms with Crippen LogP contribution in [0, 0.1) is 0 Å². The quantitative estimate of drug-likeness (QED) is 0.487. The molecule has 0 aliphatic rings. The van der Waals surface area contributed by atoms with Crippen LogP contribution in [0.25, 0.3) is 0 Å². The van der Waals surface area contributed by atoms with E-state index in [2.05, 4.69) is 24.3 Å². The fourth-order valence-corrected chi connectivity index (χ4v) is 6.04. The van der Waals surface area contributed by atoms with Crippen molar-refractivity contribution in [1.29, 1.82) is 0 Å². The Morgan fingerprint density at radius 3 is 1.69 bits per heavy atom. The Balaban J connectivity index is 0.00000300. The van der Waals surface area contributed by atoms with Crippen molar-refractivity contribution < 1.29 is 9.90 Å². The molecule has 0 unspecified atom stereocenters. The zero-order chi connectivity index (χ0) is 19.9. The summed E-state index contributed by atoms with van der Waals surface area (Å²) in [4.78, 5) is 15.1. The first kappa shape index (κ1) is 22.9. The summed E-state index contributed by atoms with van der Waals surface area (Å²) in [7, 11) is 0.932. The second-order valence-corrected chi connectivity index (χ2v) is 9.32. The van der Waals surface area contributed by atoms with Crippen LogP contribution in [0.2, 0.25) is 0 Å². The van der Waals surface area contributed by atoms with Crippen molar-refractivity contribution in [2.75, 3.05) is 13.7 Å². The van der Waals surface area contributed by atoms with Crippen molar-refractivity contribution in [3.05, 3.63) is 96.6 Å². The van der Waals surface area contributed by atoms with Gasteiger partial charge in [0.2, 0.25) is 5.91 Å². The highest BCUT2D eigenvalue weighted by atomic mass is 31.1. The van der Waals surface area contributed by atoms with Gasteiger partial charge in [0.1, 0.15) is 0 Å². The van der Waals surface area contributed by atoms with Gasteiger partial charge in [0.05, 0.1) is 18.3 Å². The Hall–Kier alpha value is -2.42. The standard InChI is InChI=1S/C24H26NO2P.B/c1-19(24(27)25(2)23(18-26)20-12-6-3-7-13-20)28(21-14-8-4-9-15-21)22-16-10-5-11-17-22;/h3-17,19,23,26H,18H2,1-2H3;/t19-,23-;/m0./s1. The van der Waals surface area contributed by atoms with E-state index in [1.807, 2.05) is 73.7 Å². The van der Waals surface area contributed by atoms with Crippen LogP contribution in [0.4, 0.5) is 0 Å². The summed E-state index contributed by atoms with van der Waals surface area (Å²) in [5.74, 6) is 0.0433. The molecule has 1 N–H and O–H groups in total. The lowest BCUT2D eigenvalue weighted by Gasteiger charge is -2.33. The molecule has 0 heterocycles. The van der Waals surface area contributed by atoms with Crippen LogP contribution in [-0.4, -0.2) is 43.6 Å². The summed E-state index contributed by atoms with van der Waals surface area (Å²) in [6, 6.07) is 29.8. The minimum absolute atomic E-state index is 0. The second-order valence-electron chi connectivity index (χ2n) is 6.78. The number of aliphatic hydroxyl groups excluding tert-OH is 1. The molecule has 2 atom stereocenters. The predicted octanol–water partition coefficient (Wildman–Crippen LogP) is 3.32. The number of likely N-dealkylation sites (N-methyl/N-ethyl adjacent to an activating group) is 1. The number of nitrogens with zero attached hydrogens (tertiary/aromatic N) is 1. The van der Waals surface area contributed by atoms with Crippen molar-refractivity contribution in [2.24, 2.45) is 0 Å². The van der Waals surface area contributed by atoms with Crippen molar-refractivity contribution >= 4 is 32.9 Å². The maximum Gasteiger partial charge on any atom is 0.230 e. The number of rotatable bonds is 7. The van der Waals surface area contributed by atoms with E-state index < -0.39 is 7.92 Å². The van der Waals surface area contributed by atoms with Gasteiger partial charge in [-0.2, -0.15) is 0 Å². The number of benzene rings is 3. The van der Waals surface area contributed by atoms with E-state index in [0.29, 0.717) is 0 Å². The van der Waals surface area contributed by atoms with Crippen LogP contribution in [0.5, 0.6) is 0 Å².